The van der Waals surface area contributed by atoms with Gasteiger partial charge in [-0.2, -0.15) is 0 Å². The van der Waals surface area contributed by atoms with Crippen LogP contribution >= 0.6 is 0 Å². The lowest BCUT2D eigenvalue weighted by Crippen LogP contribution is -1.98. The number of nitrogens with zero attached hydrogens (tertiary/aromatic N) is 2. The van der Waals surface area contributed by atoms with Crippen LogP contribution in [0.25, 0.3) is 16.6 Å². The van der Waals surface area contributed by atoms with E-state index in [2.05, 4.69) is 0 Å². The first-order chi connectivity index (χ1) is 10.6. The van der Waals surface area contributed by atoms with Gasteiger partial charge >= 0.3 is 0 Å². The molecule has 22 heavy (non-hydrogen) atoms. The molecule has 0 aliphatic heterocycles. The van der Waals surface area contributed by atoms with E-state index in [4.69, 9.17) is 0 Å². The summed E-state index contributed by atoms with van der Waals surface area (Å²) in [7, 11) is 0. The number of aromatic nitrogens is 2. The number of hydrogen-bond acceptors (Lipinski definition) is 3. The molecule has 3 aromatic rings. The van der Waals surface area contributed by atoms with Crippen LogP contribution in [-0.4, -0.2) is 24.7 Å². The quantitative estimate of drug-likeness (QED) is 0.646. The van der Waals surface area contributed by atoms with Gasteiger partial charge in [-0.3, -0.25) is 4.57 Å². The van der Waals surface area contributed by atoms with Gasteiger partial charge in [0.1, 0.15) is 0 Å². The van der Waals surface area contributed by atoms with Crippen LogP contribution in [-0.2, 0) is 12.8 Å². The topological polar surface area (TPSA) is 70.6 Å². The third-order valence-corrected chi connectivity index (χ3v) is 4.40. The van der Waals surface area contributed by atoms with Gasteiger partial charge in [-0.25, -0.2) is 0 Å². The van der Waals surface area contributed by atoms with Crippen molar-refractivity contribution in [3.05, 3.63) is 35.4 Å². The molecule has 0 fully saturated rings. The number of benzene rings is 1. The molecule has 0 bridgehead atoms. The molecule has 114 valence electrons. The van der Waals surface area contributed by atoms with E-state index in [1.54, 1.807) is 12.1 Å². The minimum absolute atomic E-state index is 0.00716. The molecular formula is C16H15FN2O3. The molecule has 2 heterocycles. The van der Waals surface area contributed by atoms with Crippen molar-refractivity contribution in [1.82, 2.24) is 9.36 Å². The molecule has 1 aliphatic carbocycles. The number of rotatable bonds is 1. The van der Waals surface area contributed by atoms with Crippen molar-refractivity contribution in [3.63, 3.8) is 0 Å². The van der Waals surface area contributed by atoms with Crippen LogP contribution in [0.15, 0.2) is 24.3 Å². The Morgan fingerprint density at radius 1 is 0.909 bits per heavy atom. The van der Waals surface area contributed by atoms with Crippen molar-refractivity contribution < 1.29 is 19.8 Å². The molecule has 5 nitrogen and oxygen atoms in total. The fraction of sp³-hybridized carbons (Fsp3) is 0.250. The summed E-state index contributed by atoms with van der Waals surface area (Å²) in [5.74, 6) is -0.465. The minimum Gasteiger partial charge on any atom is -0.494 e. The smallest absolute Gasteiger partial charge is 0.221 e. The Bertz CT molecular complexity index is 865. The average Bonchev–Trinajstić information content (AvgIpc) is 2.95. The zero-order valence-corrected chi connectivity index (χ0v) is 11.8. The largest absolute Gasteiger partial charge is 0.494 e. The van der Waals surface area contributed by atoms with Crippen molar-refractivity contribution in [1.29, 1.82) is 0 Å². The third kappa shape index (κ3) is 1.63. The Morgan fingerprint density at radius 2 is 1.55 bits per heavy atom. The van der Waals surface area contributed by atoms with Gasteiger partial charge in [0, 0.05) is 22.6 Å². The second-order valence-electron chi connectivity index (χ2n) is 5.67. The van der Waals surface area contributed by atoms with Crippen LogP contribution in [0, 0.1) is 0 Å². The normalized spacial score (nSPS) is 14.4. The summed E-state index contributed by atoms with van der Waals surface area (Å²) in [6.45, 7) is 0. The van der Waals surface area contributed by atoms with Gasteiger partial charge in [0.15, 0.2) is 0 Å². The fourth-order valence-corrected chi connectivity index (χ4v) is 3.30. The monoisotopic (exact) mass is 302 g/mol. The molecule has 0 amide bonds. The predicted octanol–water partition coefficient (Wildman–Crippen LogP) is 3.16. The van der Waals surface area contributed by atoms with E-state index in [-0.39, 0.29) is 22.1 Å². The van der Waals surface area contributed by atoms with Crippen molar-refractivity contribution >= 4 is 10.9 Å². The molecule has 0 spiro atoms. The predicted molar refractivity (Wildman–Crippen MR) is 79.4 cm³/mol. The highest BCUT2D eigenvalue weighted by Crippen LogP contribution is 2.41. The van der Waals surface area contributed by atoms with E-state index in [0.717, 1.165) is 36.8 Å². The number of hydrogen-bond donors (Lipinski definition) is 3. The Balaban J connectivity index is 1.95. The second-order valence-corrected chi connectivity index (χ2v) is 5.67. The fourth-order valence-electron chi connectivity index (χ4n) is 3.30. The first kappa shape index (κ1) is 13.1. The summed E-state index contributed by atoms with van der Waals surface area (Å²) in [4.78, 5) is 0.177. The molecule has 3 N–H and O–H groups in total. The molecule has 1 aliphatic rings. The zero-order chi connectivity index (χ0) is 15.4. The Kier molecular flexibility index (Phi) is 2.63. The maximum Gasteiger partial charge on any atom is 0.221 e. The van der Waals surface area contributed by atoms with Crippen molar-refractivity contribution in [2.45, 2.75) is 25.7 Å². The van der Waals surface area contributed by atoms with Crippen LogP contribution in [0.5, 0.6) is 17.6 Å². The zero-order valence-electron chi connectivity index (χ0n) is 11.8. The molecule has 0 unspecified atom stereocenters. The number of aromatic hydroxyl groups is 3. The Morgan fingerprint density at radius 3 is 2.18 bits per heavy atom. The summed E-state index contributed by atoms with van der Waals surface area (Å²) < 4.78 is 15.1. The summed E-state index contributed by atoms with van der Waals surface area (Å²) in [5, 5.41) is 30.8. The summed E-state index contributed by atoms with van der Waals surface area (Å²) in [6, 6.07) is 6.12. The average molecular weight is 302 g/mol. The summed E-state index contributed by atoms with van der Waals surface area (Å²) >= 11 is 0. The first-order valence-corrected chi connectivity index (χ1v) is 7.23. The number of fused-ring (bicyclic) bond motifs is 2. The van der Waals surface area contributed by atoms with Gasteiger partial charge in [0.2, 0.25) is 17.6 Å². The summed E-state index contributed by atoms with van der Waals surface area (Å²) in [5.41, 5.74) is 2.17. The molecule has 0 saturated heterocycles. The molecule has 1 aromatic carbocycles. The lowest BCUT2D eigenvalue weighted by molar-refractivity contribution is 0.305. The highest BCUT2D eigenvalue weighted by atomic mass is 19.2. The molecular weight excluding hydrogens is 287 g/mol. The van der Waals surface area contributed by atoms with E-state index >= 15 is 0 Å². The van der Waals surface area contributed by atoms with E-state index in [1.807, 2.05) is 0 Å². The highest BCUT2D eigenvalue weighted by Gasteiger charge is 2.25. The maximum absolute atomic E-state index is 13.8. The molecule has 6 heteroatoms. The van der Waals surface area contributed by atoms with E-state index in [0.29, 0.717) is 11.1 Å². The first-order valence-electron chi connectivity index (χ1n) is 7.23. The van der Waals surface area contributed by atoms with Gasteiger partial charge in [-0.05, 0) is 37.8 Å². The highest BCUT2D eigenvalue weighted by molar-refractivity contribution is 5.84. The van der Waals surface area contributed by atoms with Gasteiger partial charge in [-0.1, -0.05) is 10.5 Å². The number of halogens is 1. The molecule has 0 atom stereocenters. The lowest BCUT2D eigenvalue weighted by atomic mass is 9.95. The van der Waals surface area contributed by atoms with Crippen LogP contribution in [0.1, 0.15) is 24.0 Å². The van der Waals surface area contributed by atoms with Gasteiger partial charge in [-0.15, -0.1) is 4.79 Å². The minimum atomic E-state index is -0.479. The van der Waals surface area contributed by atoms with Crippen LogP contribution in [0.4, 0.5) is 4.48 Å². The van der Waals surface area contributed by atoms with E-state index < -0.39 is 5.88 Å². The molecule has 0 saturated carbocycles. The standard InChI is InChI=1S/C16H15FN2O3/c17-19-13-8-10(6-5-9(13)7-14(19)20)18-15(21)11-3-1-2-4-12(11)16(18)22/h5-8,20-22H,1-4H2. The van der Waals surface area contributed by atoms with Gasteiger partial charge in [0.25, 0.3) is 0 Å². The van der Waals surface area contributed by atoms with Crippen LogP contribution in [0.3, 0.4) is 0 Å². The maximum atomic E-state index is 13.8. The van der Waals surface area contributed by atoms with E-state index in [9.17, 15) is 19.8 Å². The van der Waals surface area contributed by atoms with Gasteiger partial charge in [0.05, 0.1) is 11.2 Å². The SMILES string of the molecule is Oc1c2c(c(O)n1-c1ccc3cc(O)n(F)c3c1)CCCC2. The van der Waals surface area contributed by atoms with Crippen molar-refractivity contribution in [3.8, 4) is 23.3 Å². The second kappa shape index (κ2) is 4.43. The van der Waals surface area contributed by atoms with Crippen LogP contribution in [0.2, 0.25) is 0 Å². The molecule has 2 aromatic heterocycles. The molecule has 0 radical (unpaired) electrons. The third-order valence-electron chi connectivity index (χ3n) is 4.40. The van der Waals surface area contributed by atoms with Crippen molar-refractivity contribution in [2.75, 3.05) is 0 Å². The lowest BCUT2D eigenvalue weighted by Gasteiger charge is -2.09. The Hall–Kier alpha value is -2.63. The van der Waals surface area contributed by atoms with Crippen molar-refractivity contribution in [2.24, 2.45) is 0 Å². The van der Waals surface area contributed by atoms with E-state index in [1.165, 1.54) is 16.7 Å². The molecule has 4 rings (SSSR count). The summed E-state index contributed by atoms with van der Waals surface area (Å²) in [6.07, 6.45) is 3.41. The van der Waals surface area contributed by atoms with Crippen LogP contribution < -0.4 is 0 Å². The Labute approximate surface area is 125 Å². The van der Waals surface area contributed by atoms with Gasteiger partial charge < -0.3 is 15.3 Å².